The van der Waals surface area contributed by atoms with Gasteiger partial charge in [0.1, 0.15) is 5.82 Å². The van der Waals surface area contributed by atoms with Gasteiger partial charge in [-0.3, -0.25) is 4.98 Å². The van der Waals surface area contributed by atoms with Crippen LogP contribution in [0.4, 0.5) is 14.9 Å². The Morgan fingerprint density at radius 3 is 2.77 bits per heavy atom. The molecule has 0 bridgehead atoms. The van der Waals surface area contributed by atoms with Crippen LogP contribution in [0.1, 0.15) is 23.1 Å². The number of nitrogens with zero attached hydrogens (tertiary/aromatic N) is 3. The molecule has 2 atom stereocenters. The van der Waals surface area contributed by atoms with E-state index < -0.39 is 6.09 Å². The Morgan fingerprint density at radius 1 is 1.23 bits per heavy atom. The van der Waals surface area contributed by atoms with Crippen molar-refractivity contribution in [2.75, 3.05) is 25.1 Å². The SMILES string of the molecule is CO[C@@H]1CN(c2c(-c3cc(C)cc(F)c3)cnc3ccc(-c4cccc(C#N)c4CNC(=O)O)cc23)CC[C@H]1N. The van der Waals surface area contributed by atoms with E-state index >= 15 is 0 Å². The van der Waals surface area contributed by atoms with Gasteiger partial charge in [0, 0.05) is 49.9 Å². The molecule has 4 aromatic rings. The zero-order valence-electron chi connectivity index (χ0n) is 22.3. The van der Waals surface area contributed by atoms with E-state index in [1.165, 1.54) is 12.1 Å². The van der Waals surface area contributed by atoms with Crippen LogP contribution in [0.3, 0.4) is 0 Å². The molecule has 0 saturated carbocycles. The van der Waals surface area contributed by atoms with Gasteiger partial charge in [-0.25, -0.2) is 9.18 Å². The molecule has 1 fully saturated rings. The molecule has 1 aromatic heterocycles. The number of hydrogen-bond acceptors (Lipinski definition) is 6. The lowest BCUT2D eigenvalue weighted by Gasteiger charge is -2.38. The highest BCUT2D eigenvalue weighted by molar-refractivity contribution is 6.02. The van der Waals surface area contributed by atoms with Gasteiger partial charge in [-0.2, -0.15) is 5.26 Å². The van der Waals surface area contributed by atoms with Crippen molar-refractivity contribution in [3.05, 3.63) is 83.3 Å². The Labute approximate surface area is 231 Å². The van der Waals surface area contributed by atoms with Crippen molar-refractivity contribution in [1.29, 1.82) is 5.26 Å². The summed E-state index contributed by atoms with van der Waals surface area (Å²) in [7, 11) is 1.66. The van der Waals surface area contributed by atoms with Gasteiger partial charge in [0.15, 0.2) is 0 Å². The maximum absolute atomic E-state index is 14.6. The molecule has 1 aliphatic rings. The molecule has 0 spiro atoms. The first-order valence-corrected chi connectivity index (χ1v) is 13.0. The van der Waals surface area contributed by atoms with Crippen molar-refractivity contribution in [2.45, 2.75) is 32.0 Å². The number of amides is 1. The molecule has 1 saturated heterocycles. The lowest BCUT2D eigenvalue weighted by Crippen LogP contribution is -2.51. The minimum absolute atomic E-state index is 0.0142. The molecule has 1 amide bonds. The molecule has 40 heavy (non-hydrogen) atoms. The number of piperidine rings is 1. The summed E-state index contributed by atoms with van der Waals surface area (Å²) >= 11 is 0. The molecule has 3 aromatic carbocycles. The van der Waals surface area contributed by atoms with E-state index in [0.29, 0.717) is 29.8 Å². The average Bonchev–Trinajstić information content (AvgIpc) is 2.94. The number of benzene rings is 3. The lowest BCUT2D eigenvalue weighted by molar-refractivity contribution is 0.0731. The molecule has 0 unspecified atom stereocenters. The normalized spacial score (nSPS) is 17.0. The smallest absolute Gasteiger partial charge is 0.404 e. The lowest BCUT2D eigenvalue weighted by atomic mass is 9.92. The minimum atomic E-state index is -1.17. The highest BCUT2D eigenvalue weighted by Crippen LogP contribution is 2.40. The first kappa shape index (κ1) is 27.1. The number of anilines is 1. The molecule has 204 valence electrons. The number of methoxy groups -OCH3 is 1. The Balaban J connectivity index is 1.74. The summed E-state index contributed by atoms with van der Waals surface area (Å²) in [6, 6.07) is 18.2. The van der Waals surface area contributed by atoms with E-state index in [4.69, 9.17) is 15.5 Å². The second-order valence-corrected chi connectivity index (χ2v) is 10.0. The number of nitrogens with one attached hydrogen (secondary N) is 1. The number of fused-ring (bicyclic) bond motifs is 1. The maximum atomic E-state index is 14.6. The predicted molar refractivity (Wildman–Crippen MR) is 152 cm³/mol. The molecule has 4 N–H and O–H groups in total. The number of carbonyl (C=O) groups is 1. The molecule has 5 rings (SSSR count). The van der Waals surface area contributed by atoms with Crippen LogP contribution in [0.15, 0.2) is 60.8 Å². The Bertz CT molecular complexity index is 1610. The van der Waals surface area contributed by atoms with Crippen LogP contribution in [0, 0.1) is 24.1 Å². The van der Waals surface area contributed by atoms with Crippen LogP contribution in [0.5, 0.6) is 0 Å². The minimum Gasteiger partial charge on any atom is -0.465 e. The Hall–Kier alpha value is -4.52. The maximum Gasteiger partial charge on any atom is 0.404 e. The van der Waals surface area contributed by atoms with Gasteiger partial charge in [-0.15, -0.1) is 0 Å². The highest BCUT2D eigenvalue weighted by atomic mass is 19.1. The molecule has 8 nitrogen and oxygen atoms in total. The fourth-order valence-corrected chi connectivity index (χ4v) is 5.49. The first-order chi connectivity index (χ1) is 19.3. The summed E-state index contributed by atoms with van der Waals surface area (Å²) in [6.45, 7) is 3.08. The summed E-state index contributed by atoms with van der Waals surface area (Å²) in [5, 5.41) is 22.2. The number of nitrogens with two attached hydrogens (primary N) is 1. The van der Waals surface area contributed by atoms with Gasteiger partial charge in [-0.05, 0) is 71.5 Å². The molecule has 1 aliphatic heterocycles. The van der Waals surface area contributed by atoms with Crippen LogP contribution in [-0.4, -0.2) is 48.5 Å². The monoisotopic (exact) mass is 539 g/mol. The Morgan fingerprint density at radius 2 is 2.05 bits per heavy atom. The van der Waals surface area contributed by atoms with E-state index in [1.807, 2.05) is 37.3 Å². The number of pyridine rings is 1. The van der Waals surface area contributed by atoms with Gasteiger partial charge in [0.2, 0.25) is 0 Å². The van der Waals surface area contributed by atoms with E-state index in [9.17, 15) is 19.6 Å². The number of aryl methyl sites for hydroxylation is 1. The zero-order valence-corrected chi connectivity index (χ0v) is 22.3. The summed E-state index contributed by atoms with van der Waals surface area (Å²) in [4.78, 5) is 18.2. The van der Waals surface area contributed by atoms with Gasteiger partial charge >= 0.3 is 6.09 Å². The van der Waals surface area contributed by atoms with Crippen LogP contribution in [0.2, 0.25) is 0 Å². The van der Waals surface area contributed by atoms with Gasteiger partial charge < -0.3 is 25.8 Å². The number of nitriles is 1. The number of carboxylic acid groups (broad SMARTS) is 1. The van der Waals surface area contributed by atoms with Crippen molar-refractivity contribution in [3.63, 3.8) is 0 Å². The van der Waals surface area contributed by atoms with Crippen LogP contribution < -0.4 is 16.0 Å². The topological polar surface area (TPSA) is 124 Å². The van der Waals surface area contributed by atoms with E-state index in [-0.39, 0.29) is 24.5 Å². The van der Waals surface area contributed by atoms with Crippen LogP contribution in [0.25, 0.3) is 33.2 Å². The van der Waals surface area contributed by atoms with Crippen molar-refractivity contribution < 1.29 is 19.0 Å². The largest absolute Gasteiger partial charge is 0.465 e. The highest BCUT2D eigenvalue weighted by Gasteiger charge is 2.29. The van der Waals surface area contributed by atoms with Crippen molar-refractivity contribution in [2.24, 2.45) is 5.73 Å². The number of halogens is 1. The second-order valence-electron chi connectivity index (χ2n) is 10.0. The van der Waals surface area contributed by atoms with E-state index in [0.717, 1.165) is 45.3 Å². The van der Waals surface area contributed by atoms with E-state index in [1.54, 1.807) is 25.4 Å². The third-order valence-corrected chi connectivity index (χ3v) is 7.45. The molecule has 2 heterocycles. The second kappa shape index (κ2) is 11.3. The summed E-state index contributed by atoms with van der Waals surface area (Å²) in [5.41, 5.74) is 12.8. The van der Waals surface area contributed by atoms with Crippen molar-refractivity contribution in [3.8, 4) is 28.3 Å². The van der Waals surface area contributed by atoms with Crippen LogP contribution >= 0.6 is 0 Å². The molecule has 0 aliphatic carbocycles. The Kier molecular flexibility index (Phi) is 7.65. The number of ether oxygens (including phenoxy) is 1. The van der Waals surface area contributed by atoms with Crippen LogP contribution in [-0.2, 0) is 11.3 Å². The summed E-state index contributed by atoms with van der Waals surface area (Å²) in [6.07, 6.45) is 1.15. The van der Waals surface area contributed by atoms with E-state index in [2.05, 4.69) is 16.3 Å². The average molecular weight is 540 g/mol. The third kappa shape index (κ3) is 5.32. The number of hydrogen-bond donors (Lipinski definition) is 3. The third-order valence-electron chi connectivity index (χ3n) is 7.45. The first-order valence-electron chi connectivity index (χ1n) is 13.0. The van der Waals surface area contributed by atoms with Crippen molar-refractivity contribution in [1.82, 2.24) is 10.3 Å². The standard InChI is InChI=1S/C31H30FN5O3/c1-18-10-21(12-22(32)11-18)26-16-35-28-7-6-19(23-5-3-4-20(14-33)25(23)15-36-31(38)39)13-24(28)30(26)37-9-8-27(34)29(17-37)40-2/h3-7,10-13,16,27,29,36H,8-9,15,17,34H2,1-2H3,(H,38,39)/t27-,29-/m1/s1. The fourth-order valence-electron chi connectivity index (χ4n) is 5.49. The molecule has 0 radical (unpaired) electrons. The van der Waals surface area contributed by atoms with Gasteiger partial charge in [0.25, 0.3) is 0 Å². The summed E-state index contributed by atoms with van der Waals surface area (Å²) < 4.78 is 20.3. The molecule has 9 heteroatoms. The quantitative estimate of drug-likeness (QED) is 0.307. The predicted octanol–water partition coefficient (Wildman–Crippen LogP) is 5.21. The number of aromatic nitrogens is 1. The summed E-state index contributed by atoms with van der Waals surface area (Å²) in [5.74, 6) is -0.325. The molecular formula is C31H30FN5O3. The number of rotatable bonds is 6. The fraction of sp³-hybridized carbons (Fsp3) is 0.258. The zero-order chi connectivity index (χ0) is 28.4. The van der Waals surface area contributed by atoms with Gasteiger partial charge in [-0.1, -0.05) is 24.3 Å². The van der Waals surface area contributed by atoms with Gasteiger partial charge in [0.05, 0.1) is 28.9 Å². The van der Waals surface area contributed by atoms with Crippen molar-refractivity contribution >= 4 is 22.7 Å². The molecular weight excluding hydrogens is 509 g/mol.